The van der Waals surface area contributed by atoms with Crippen LogP contribution in [0.25, 0.3) is 0 Å². The topological polar surface area (TPSA) is 27.6 Å². The third-order valence-corrected chi connectivity index (χ3v) is 5.63. The molecule has 2 atom stereocenters. The Labute approximate surface area is 157 Å². The van der Waals surface area contributed by atoms with E-state index in [-0.39, 0.29) is 16.9 Å². The number of fused-ring (bicyclic) bond motifs is 1. The fourth-order valence-corrected chi connectivity index (χ4v) is 3.91. The maximum atomic E-state index is 6.13. The summed E-state index contributed by atoms with van der Waals surface area (Å²) in [6, 6.07) is 0.101. The highest BCUT2D eigenvalue weighted by atomic mass is 35.5. The summed E-state index contributed by atoms with van der Waals surface area (Å²) < 4.78 is 0. The zero-order valence-corrected chi connectivity index (χ0v) is 17.2. The number of nitrogens with one attached hydrogen (secondary N) is 1. The molecule has 1 aliphatic heterocycles. The van der Waals surface area contributed by atoms with Crippen molar-refractivity contribution in [2.24, 2.45) is 21.8 Å². The highest BCUT2D eigenvalue weighted by molar-refractivity contribution is 6.33. The molecule has 0 saturated carbocycles. The number of nitrogens with zero attached hydrogens (tertiary/aromatic N) is 2. The van der Waals surface area contributed by atoms with E-state index >= 15 is 0 Å². The van der Waals surface area contributed by atoms with E-state index in [1.54, 1.807) is 0 Å². The van der Waals surface area contributed by atoms with Gasteiger partial charge >= 0.3 is 0 Å². The lowest BCUT2D eigenvalue weighted by molar-refractivity contribution is 0.243. The van der Waals surface area contributed by atoms with Crippen LogP contribution >= 0.6 is 11.6 Å². The molecule has 0 fully saturated rings. The normalized spacial score (nSPS) is 27.2. The molecule has 136 valence electrons. The Bertz CT molecular complexity index is 723. The van der Waals surface area contributed by atoms with E-state index in [1.807, 2.05) is 17.3 Å². The molecule has 2 aliphatic carbocycles. The minimum absolute atomic E-state index is 0.101. The van der Waals surface area contributed by atoms with Crippen LogP contribution < -0.4 is 5.43 Å². The summed E-state index contributed by atoms with van der Waals surface area (Å²) in [6.45, 7) is 16.1. The zero-order chi connectivity index (χ0) is 18.6. The molecule has 2 unspecified atom stereocenters. The van der Waals surface area contributed by atoms with Crippen molar-refractivity contribution in [1.29, 1.82) is 0 Å². The molecule has 0 saturated heterocycles. The van der Waals surface area contributed by atoms with Gasteiger partial charge in [-0.1, -0.05) is 70.9 Å². The maximum absolute atomic E-state index is 6.13. The second kappa shape index (κ2) is 6.14. The maximum Gasteiger partial charge on any atom is 0.0906 e. The fraction of sp³-hybridized carbons (Fsp3) is 0.571. The summed E-state index contributed by atoms with van der Waals surface area (Å²) in [5.41, 5.74) is 8.86. The fourth-order valence-electron chi connectivity index (χ4n) is 3.72. The molecular formula is C21H30ClN3. The Balaban J connectivity index is 2.02. The summed E-state index contributed by atoms with van der Waals surface area (Å²) in [7, 11) is 0. The van der Waals surface area contributed by atoms with E-state index in [1.165, 1.54) is 16.8 Å². The van der Waals surface area contributed by atoms with E-state index in [2.05, 4.69) is 66.0 Å². The van der Waals surface area contributed by atoms with Crippen LogP contribution in [0.2, 0.25) is 0 Å². The smallest absolute Gasteiger partial charge is 0.0906 e. The molecule has 0 radical (unpaired) electrons. The Kier molecular flexibility index (Phi) is 4.53. The molecule has 0 aromatic rings. The Morgan fingerprint density at radius 1 is 1.20 bits per heavy atom. The second-order valence-electron chi connectivity index (χ2n) is 9.41. The predicted octanol–water partition coefficient (Wildman–Crippen LogP) is 5.54. The van der Waals surface area contributed by atoms with Gasteiger partial charge in [-0.05, 0) is 47.8 Å². The van der Waals surface area contributed by atoms with Crippen LogP contribution in [-0.4, -0.2) is 16.9 Å². The van der Waals surface area contributed by atoms with Gasteiger partial charge in [0.1, 0.15) is 0 Å². The molecule has 1 heterocycles. The summed E-state index contributed by atoms with van der Waals surface area (Å²) in [4.78, 5) is 0. The molecule has 0 aromatic heterocycles. The van der Waals surface area contributed by atoms with Crippen molar-refractivity contribution in [3.63, 3.8) is 0 Å². The molecule has 3 rings (SSSR count). The van der Waals surface area contributed by atoms with Crippen LogP contribution in [0.3, 0.4) is 0 Å². The lowest BCUT2D eigenvalue weighted by atomic mass is 9.68. The molecule has 1 N–H and O–H groups in total. The molecule has 4 heteroatoms. The average Bonchev–Trinajstić information content (AvgIpc) is 2.87. The van der Waals surface area contributed by atoms with Gasteiger partial charge < -0.3 is 0 Å². The number of allylic oxidation sites excluding steroid dienone is 5. The van der Waals surface area contributed by atoms with E-state index in [4.69, 9.17) is 16.7 Å². The van der Waals surface area contributed by atoms with Crippen LogP contribution in [0.4, 0.5) is 0 Å². The first-order valence-electron chi connectivity index (χ1n) is 9.09. The summed E-state index contributed by atoms with van der Waals surface area (Å²) in [5, 5.41) is 7.47. The van der Waals surface area contributed by atoms with Gasteiger partial charge in [-0.2, -0.15) is 15.6 Å². The van der Waals surface area contributed by atoms with Gasteiger partial charge in [0, 0.05) is 5.03 Å². The average molecular weight is 360 g/mol. The number of hydrogen-bond donors (Lipinski definition) is 1. The predicted molar refractivity (Wildman–Crippen MR) is 107 cm³/mol. The molecule has 25 heavy (non-hydrogen) atoms. The molecule has 3 aliphatic rings. The van der Waals surface area contributed by atoms with Crippen LogP contribution in [0.5, 0.6) is 0 Å². The van der Waals surface area contributed by atoms with Gasteiger partial charge in [0.2, 0.25) is 0 Å². The third-order valence-electron chi connectivity index (χ3n) is 5.40. The van der Waals surface area contributed by atoms with Gasteiger partial charge in [-0.25, -0.2) is 0 Å². The molecule has 3 nitrogen and oxygen atoms in total. The molecule has 0 amide bonds. The summed E-state index contributed by atoms with van der Waals surface area (Å²) >= 11 is 6.13. The van der Waals surface area contributed by atoms with Crippen molar-refractivity contribution in [2.75, 3.05) is 0 Å². The number of hydrazone groups is 1. The lowest BCUT2D eigenvalue weighted by Crippen LogP contribution is -2.38. The van der Waals surface area contributed by atoms with Crippen molar-refractivity contribution >= 4 is 17.3 Å². The molecule has 0 bridgehead atoms. The zero-order valence-electron chi connectivity index (χ0n) is 16.4. The highest BCUT2D eigenvalue weighted by Gasteiger charge is 2.36. The quantitative estimate of drug-likeness (QED) is 0.665. The van der Waals surface area contributed by atoms with Crippen molar-refractivity contribution in [1.82, 2.24) is 10.5 Å². The van der Waals surface area contributed by atoms with Crippen molar-refractivity contribution in [3.05, 3.63) is 46.2 Å². The van der Waals surface area contributed by atoms with Crippen molar-refractivity contribution < 1.29 is 0 Å². The van der Waals surface area contributed by atoms with Crippen LogP contribution in [0.15, 0.2) is 51.3 Å². The SMILES string of the molecule is CC1=C(C(C)(C)C)CC(C(C)(C)C)C=C1N1N=C2C=C(Cl)C=CC2N1. The van der Waals surface area contributed by atoms with Crippen molar-refractivity contribution in [2.45, 2.75) is 60.9 Å². The van der Waals surface area contributed by atoms with Gasteiger partial charge in [0.25, 0.3) is 0 Å². The first-order chi connectivity index (χ1) is 11.5. The lowest BCUT2D eigenvalue weighted by Gasteiger charge is -2.39. The van der Waals surface area contributed by atoms with Gasteiger partial charge in [-0.3, -0.25) is 0 Å². The highest BCUT2D eigenvalue weighted by Crippen LogP contribution is 2.45. The first kappa shape index (κ1) is 18.5. The van der Waals surface area contributed by atoms with Gasteiger partial charge in [-0.15, -0.1) is 0 Å². The standard InChI is InChI=1S/C21H30ClN3/c1-13-16(21(5,6)7)10-14(20(2,3)4)11-19(13)25-23-17-9-8-15(22)12-18(17)24-25/h8-9,11-12,14,17,23H,10H2,1-7H3. The van der Waals surface area contributed by atoms with E-state index < -0.39 is 0 Å². The van der Waals surface area contributed by atoms with Crippen LogP contribution in [0, 0.1) is 16.7 Å². The van der Waals surface area contributed by atoms with E-state index in [0.717, 1.165) is 17.2 Å². The van der Waals surface area contributed by atoms with Gasteiger partial charge in [0.15, 0.2) is 0 Å². The van der Waals surface area contributed by atoms with Crippen molar-refractivity contribution in [3.8, 4) is 0 Å². The monoisotopic (exact) mass is 359 g/mol. The number of rotatable bonds is 1. The Hall–Kier alpha value is -1.32. The first-order valence-corrected chi connectivity index (χ1v) is 9.47. The Morgan fingerprint density at radius 2 is 1.88 bits per heavy atom. The van der Waals surface area contributed by atoms with Crippen LogP contribution in [0.1, 0.15) is 54.9 Å². The third kappa shape index (κ3) is 3.63. The molecule has 0 spiro atoms. The molecular weight excluding hydrogens is 330 g/mol. The van der Waals surface area contributed by atoms with Gasteiger partial charge in [0.05, 0.1) is 17.5 Å². The van der Waals surface area contributed by atoms with E-state index in [9.17, 15) is 0 Å². The van der Waals surface area contributed by atoms with Crippen LogP contribution in [-0.2, 0) is 0 Å². The largest absolute Gasteiger partial charge is 0.200 e. The summed E-state index contributed by atoms with van der Waals surface area (Å²) in [5.74, 6) is 0.486. The Morgan fingerprint density at radius 3 is 2.48 bits per heavy atom. The molecule has 0 aromatic carbocycles. The summed E-state index contributed by atoms with van der Waals surface area (Å²) in [6.07, 6.45) is 9.44. The number of halogens is 1. The van der Waals surface area contributed by atoms with E-state index in [0.29, 0.717) is 5.92 Å². The minimum atomic E-state index is 0.101. The number of hydrazine groups is 1. The minimum Gasteiger partial charge on any atom is -0.200 e. The number of hydrogen-bond acceptors (Lipinski definition) is 3. The second-order valence-corrected chi connectivity index (χ2v) is 9.85.